The minimum atomic E-state index is -1.57. The second-order valence-corrected chi connectivity index (χ2v) is 4.06. The van der Waals surface area contributed by atoms with Gasteiger partial charge in [-0.25, -0.2) is 9.18 Å². The zero-order chi connectivity index (χ0) is 13.2. The summed E-state index contributed by atoms with van der Waals surface area (Å²) < 4.78 is 13.4. The minimum absolute atomic E-state index is 0.225. The molecular weight excluding hydrogens is 225 g/mol. The molecule has 0 spiro atoms. The molecule has 5 heteroatoms. The van der Waals surface area contributed by atoms with Crippen LogP contribution in [0.4, 0.5) is 4.39 Å². The molecule has 0 aliphatic carbocycles. The Bertz CT molecular complexity index is 461. The van der Waals surface area contributed by atoms with Gasteiger partial charge in [0.05, 0.1) is 0 Å². The normalized spacial score (nSPS) is 13.9. The molecule has 1 amide bonds. The van der Waals surface area contributed by atoms with Crippen LogP contribution >= 0.6 is 0 Å². The van der Waals surface area contributed by atoms with Crippen molar-refractivity contribution in [1.29, 1.82) is 0 Å². The highest BCUT2D eigenvalue weighted by Gasteiger charge is 2.39. The van der Waals surface area contributed by atoms with Crippen LogP contribution in [0.5, 0.6) is 0 Å². The average molecular weight is 239 g/mol. The van der Waals surface area contributed by atoms with E-state index >= 15 is 0 Å². The lowest BCUT2D eigenvalue weighted by molar-refractivity contribution is -0.153. The van der Waals surface area contributed by atoms with Crippen molar-refractivity contribution in [3.05, 3.63) is 35.1 Å². The number of hydrogen-bond acceptors (Lipinski definition) is 2. The van der Waals surface area contributed by atoms with Crippen LogP contribution in [0.3, 0.4) is 0 Å². The Morgan fingerprint density at radius 3 is 2.53 bits per heavy atom. The van der Waals surface area contributed by atoms with Gasteiger partial charge < -0.3 is 10.0 Å². The molecule has 0 saturated carbocycles. The van der Waals surface area contributed by atoms with Crippen molar-refractivity contribution in [3.8, 4) is 0 Å². The smallest absolute Gasteiger partial charge is 0.334 e. The van der Waals surface area contributed by atoms with Crippen LogP contribution in [0, 0.1) is 12.7 Å². The Morgan fingerprint density at radius 1 is 1.53 bits per heavy atom. The molecule has 1 unspecified atom stereocenters. The molecule has 1 aromatic carbocycles. The van der Waals surface area contributed by atoms with E-state index in [0.717, 1.165) is 11.0 Å². The van der Waals surface area contributed by atoms with E-state index in [1.165, 1.54) is 26.1 Å². The molecular formula is C12H14FNO3. The van der Waals surface area contributed by atoms with Gasteiger partial charge in [-0.1, -0.05) is 12.1 Å². The Kier molecular flexibility index (Phi) is 3.50. The third kappa shape index (κ3) is 2.13. The lowest BCUT2D eigenvalue weighted by Gasteiger charge is -2.32. The number of halogens is 1. The van der Waals surface area contributed by atoms with E-state index in [4.69, 9.17) is 0 Å². The number of nitrogens with zero attached hydrogens (tertiary/aromatic N) is 1. The SMILES string of the molecule is Cc1ccc(C(C)(C(=O)O)N(C)C=O)cc1F. The largest absolute Gasteiger partial charge is 0.479 e. The number of amides is 1. The molecule has 0 heterocycles. The summed E-state index contributed by atoms with van der Waals surface area (Å²) in [6.45, 7) is 2.94. The molecule has 0 fully saturated rings. The van der Waals surface area contributed by atoms with Crippen LogP contribution in [0.25, 0.3) is 0 Å². The number of hydrogen-bond donors (Lipinski definition) is 1. The van der Waals surface area contributed by atoms with E-state index in [9.17, 15) is 19.1 Å². The van der Waals surface area contributed by atoms with E-state index in [2.05, 4.69) is 0 Å². The average Bonchev–Trinajstić information content (AvgIpc) is 2.30. The van der Waals surface area contributed by atoms with Crippen LogP contribution in [0.1, 0.15) is 18.1 Å². The van der Waals surface area contributed by atoms with Gasteiger partial charge in [0, 0.05) is 7.05 Å². The second kappa shape index (κ2) is 4.53. The number of aliphatic carboxylic acids is 1. The van der Waals surface area contributed by atoms with Gasteiger partial charge in [-0.3, -0.25) is 4.79 Å². The highest BCUT2D eigenvalue weighted by Crippen LogP contribution is 2.27. The number of carbonyl (C=O) groups excluding carboxylic acids is 1. The van der Waals surface area contributed by atoms with Crippen molar-refractivity contribution in [2.75, 3.05) is 7.05 Å². The summed E-state index contributed by atoms with van der Waals surface area (Å²) in [6.07, 6.45) is 0.409. The van der Waals surface area contributed by atoms with E-state index in [-0.39, 0.29) is 5.56 Å². The van der Waals surface area contributed by atoms with Crippen LogP contribution in [-0.2, 0) is 15.1 Å². The number of carboxylic acid groups (broad SMARTS) is 1. The first-order chi connectivity index (χ1) is 7.83. The van der Waals surface area contributed by atoms with Gasteiger partial charge in [0.15, 0.2) is 5.54 Å². The first-order valence-corrected chi connectivity index (χ1v) is 5.02. The van der Waals surface area contributed by atoms with E-state index in [1.54, 1.807) is 6.92 Å². The molecule has 1 N–H and O–H groups in total. The molecule has 0 aliphatic heterocycles. The van der Waals surface area contributed by atoms with E-state index < -0.39 is 17.3 Å². The highest BCUT2D eigenvalue weighted by molar-refractivity contribution is 5.82. The molecule has 0 saturated heterocycles. The second-order valence-electron chi connectivity index (χ2n) is 4.06. The Morgan fingerprint density at radius 2 is 2.12 bits per heavy atom. The van der Waals surface area contributed by atoms with Gasteiger partial charge in [-0.05, 0) is 31.0 Å². The molecule has 4 nitrogen and oxygen atoms in total. The van der Waals surface area contributed by atoms with E-state index in [1.807, 2.05) is 0 Å². The monoisotopic (exact) mass is 239 g/mol. The Balaban J connectivity index is 3.37. The highest BCUT2D eigenvalue weighted by atomic mass is 19.1. The standard InChI is InChI=1S/C12H14FNO3/c1-8-4-5-9(6-10(8)13)12(2,11(16)17)14(3)7-15/h4-7H,1-3H3,(H,16,17). The van der Waals surface area contributed by atoms with Gasteiger partial charge in [-0.2, -0.15) is 0 Å². The number of likely N-dealkylation sites (N-methyl/N-ethyl adjacent to an activating group) is 1. The van der Waals surface area contributed by atoms with Crippen molar-refractivity contribution in [1.82, 2.24) is 4.90 Å². The topological polar surface area (TPSA) is 57.6 Å². The Labute approximate surface area is 98.7 Å². The number of carbonyl (C=O) groups is 2. The van der Waals surface area contributed by atoms with Crippen LogP contribution in [0.15, 0.2) is 18.2 Å². The quantitative estimate of drug-likeness (QED) is 0.810. The fourth-order valence-corrected chi connectivity index (χ4v) is 1.48. The summed E-state index contributed by atoms with van der Waals surface area (Å²) in [5, 5.41) is 9.22. The number of carboxylic acids is 1. The van der Waals surface area contributed by atoms with E-state index in [0.29, 0.717) is 12.0 Å². The number of benzene rings is 1. The summed E-state index contributed by atoms with van der Waals surface area (Å²) in [4.78, 5) is 23.0. The molecule has 1 aromatic rings. The zero-order valence-corrected chi connectivity index (χ0v) is 9.90. The summed E-state index contributed by atoms with van der Waals surface area (Å²) in [6, 6.07) is 4.14. The third-order valence-electron chi connectivity index (χ3n) is 3.01. The zero-order valence-electron chi connectivity index (χ0n) is 9.90. The fourth-order valence-electron chi connectivity index (χ4n) is 1.48. The first kappa shape index (κ1) is 13.2. The first-order valence-electron chi connectivity index (χ1n) is 5.02. The lowest BCUT2D eigenvalue weighted by atomic mass is 9.90. The lowest BCUT2D eigenvalue weighted by Crippen LogP contribution is -2.47. The van der Waals surface area contributed by atoms with Crippen LogP contribution in [0.2, 0.25) is 0 Å². The van der Waals surface area contributed by atoms with Gasteiger partial charge in [0.1, 0.15) is 5.82 Å². The molecule has 0 aliphatic rings. The molecule has 1 rings (SSSR count). The van der Waals surface area contributed by atoms with Crippen LogP contribution < -0.4 is 0 Å². The molecule has 17 heavy (non-hydrogen) atoms. The van der Waals surface area contributed by atoms with Gasteiger partial charge in [-0.15, -0.1) is 0 Å². The summed E-state index contributed by atoms with van der Waals surface area (Å²) in [7, 11) is 1.35. The predicted molar refractivity (Wildman–Crippen MR) is 60.0 cm³/mol. The third-order valence-corrected chi connectivity index (χ3v) is 3.01. The van der Waals surface area contributed by atoms with Crippen molar-refractivity contribution in [2.24, 2.45) is 0 Å². The Hall–Kier alpha value is -1.91. The van der Waals surface area contributed by atoms with Crippen molar-refractivity contribution in [2.45, 2.75) is 19.4 Å². The molecule has 0 bridgehead atoms. The molecule has 1 atom stereocenters. The maximum Gasteiger partial charge on any atom is 0.334 e. The summed E-state index contributed by atoms with van der Waals surface area (Å²) >= 11 is 0. The minimum Gasteiger partial charge on any atom is -0.479 e. The molecule has 0 radical (unpaired) electrons. The summed E-state index contributed by atoms with van der Waals surface area (Å²) in [5.74, 6) is -1.70. The van der Waals surface area contributed by atoms with Gasteiger partial charge in [0.2, 0.25) is 6.41 Å². The van der Waals surface area contributed by atoms with Crippen molar-refractivity contribution >= 4 is 12.4 Å². The maximum atomic E-state index is 13.4. The fraction of sp³-hybridized carbons (Fsp3) is 0.333. The van der Waals surface area contributed by atoms with Gasteiger partial charge >= 0.3 is 5.97 Å². The maximum absolute atomic E-state index is 13.4. The number of aryl methyl sites for hydroxylation is 1. The summed E-state index contributed by atoms with van der Waals surface area (Å²) in [5.41, 5.74) is -0.922. The van der Waals surface area contributed by atoms with Crippen molar-refractivity contribution < 1.29 is 19.1 Å². The molecule has 92 valence electrons. The number of rotatable bonds is 4. The predicted octanol–water partition coefficient (Wildman–Crippen LogP) is 1.52. The van der Waals surface area contributed by atoms with Crippen molar-refractivity contribution in [3.63, 3.8) is 0 Å². The van der Waals surface area contributed by atoms with Crippen LogP contribution in [-0.4, -0.2) is 29.4 Å². The molecule has 0 aromatic heterocycles. The van der Waals surface area contributed by atoms with Gasteiger partial charge in [0.25, 0.3) is 0 Å².